The molecule has 0 aromatic heterocycles. The lowest BCUT2D eigenvalue weighted by molar-refractivity contribution is -0.142. The van der Waals surface area contributed by atoms with Crippen LogP contribution in [0.15, 0.2) is 42.5 Å². The molecule has 0 fully saturated rings. The van der Waals surface area contributed by atoms with Gasteiger partial charge in [-0.25, -0.2) is 4.79 Å². The molecule has 1 aliphatic carbocycles. The highest BCUT2D eigenvalue weighted by Gasteiger charge is 2.27. The predicted octanol–water partition coefficient (Wildman–Crippen LogP) is 3.66. The van der Waals surface area contributed by atoms with E-state index >= 15 is 0 Å². The number of fused-ring (bicyclic) bond motifs is 3. The number of hydrogen-bond acceptors (Lipinski definition) is 5. The van der Waals surface area contributed by atoms with Crippen LogP contribution in [-0.4, -0.2) is 45.1 Å². The van der Waals surface area contributed by atoms with Gasteiger partial charge in [0.1, 0.15) is 12.6 Å². The molecule has 0 bridgehead atoms. The zero-order chi connectivity index (χ0) is 22.5. The Labute approximate surface area is 176 Å². The highest BCUT2D eigenvalue weighted by Crippen LogP contribution is 2.38. The van der Waals surface area contributed by atoms with E-state index in [1.807, 2.05) is 45.0 Å². The molecule has 0 saturated carbocycles. The molecular formula is C23H29NO6. The fraction of sp³-hybridized carbons (Fsp3) is 0.391. The standard InChI is InChI=1S/C15H12O3.C8H17NO3/c16-15(17)18-9-11-5-3-7-13-12-6-2-1-4-10(12)8-14(11)13;1-5(10)6(7(11)12)9-8(2,3)4/h1-7H,8-9H2,(H,16,17);5-6,9-10H,1-4H3,(H,11,12). The van der Waals surface area contributed by atoms with Crippen LogP contribution >= 0.6 is 0 Å². The number of aliphatic hydroxyl groups is 1. The monoisotopic (exact) mass is 415 g/mol. The van der Waals surface area contributed by atoms with Crippen LogP contribution in [0.25, 0.3) is 11.1 Å². The average Bonchev–Trinajstić information content (AvgIpc) is 3.03. The van der Waals surface area contributed by atoms with Gasteiger partial charge >= 0.3 is 12.1 Å². The van der Waals surface area contributed by atoms with Crippen LogP contribution in [0.4, 0.5) is 4.79 Å². The van der Waals surface area contributed by atoms with Gasteiger partial charge < -0.3 is 20.1 Å². The largest absolute Gasteiger partial charge is 0.506 e. The third-order valence-corrected chi connectivity index (χ3v) is 4.64. The molecule has 2 aromatic rings. The summed E-state index contributed by atoms with van der Waals surface area (Å²) in [5.41, 5.74) is 5.54. The lowest BCUT2D eigenvalue weighted by atomic mass is 10.0. The van der Waals surface area contributed by atoms with Crippen molar-refractivity contribution in [3.8, 4) is 11.1 Å². The Kier molecular flexibility index (Phi) is 7.59. The van der Waals surface area contributed by atoms with Crippen LogP contribution in [0.5, 0.6) is 0 Å². The van der Waals surface area contributed by atoms with E-state index in [4.69, 9.17) is 15.3 Å². The van der Waals surface area contributed by atoms with E-state index in [2.05, 4.69) is 28.3 Å². The van der Waals surface area contributed by atoms with E-state index in [1.165, 1.54) is 29.2 Å². The van der Waals surface area contributed by atoms with Crippen molar-refractivity contribution < 1.29 is 29.6 Å². The van der Waals surface area contributed by atoms with Crippen molar-refractivity contribution in [2.75, 3.05) is 0 Å². The summed E-state index contributed by atoms with van der Waals surface area (Å²) in [6, 6.07) is 13.3. The van der Waals surface area contributed by atoms with E-state index in [9.17, 15) is 9.59 Å². The highest BCUT2D eigenvalue weighted by molar-refractivity contribution is 5.78. The van der Waals surface area contributed by atoms with Crippen molar-refractivity contribution in [2.45, 2.75) is 58.4 Å². The quantitative estimate of drug-likeness (QED) is 0.470. The minimum atomic E-state index is -1.23. The first-order valence-corrected chi connectivity index (χ1v) is 9.73. The van der Waals surface area contributed by atoms with Gasteiger partial charge in [-0.1, -0.05) is 42.5 Å². The van der Waals surface area contributed by atoms with E-state index < -0.39 is 24.3 Å². The molecule has 2 aromatic carbocycles. The second-order valence-corrected chi connectivity index (χ2v) is 8.28. The summed E-state index contributed by atoms with van der Waals surface area (Å²) < 4.78 is 4.67. The normalized spacial score (nSPS) is 13.9. The SMILES string of the molecule is CC(O)C(NC(C)(C)C)C(=O)O.O=C(O)OCc1cccc2c1Cc1ccccc1-2. The zero-order valence-electron chi connectivity index (χ0n) is 17.7. The van der Waals surface area contributed by atoms with Crippen molar-refractivity contribution in [3.63, 3.8) is 0 Å². The number of benzene rings is 2. The van der Waals surface area contributed by atoms with E-state index in [1.54, 1.807) is 0 Å². The first kappa shape index (κ1) is 23.4. The molecule has 3 rings (SSSR count). The first-order chi connectivity index (χ1) is 14.0. The number of carbonyl (C=O) groups is 2. The Hall–Kier alpha value is -2.90. The summed E-state index contributed by atoms with van der Waals surface area (Å²) in [6.45, 7) is 7.13. The summed E-state index contributed by atoms with van der Waals surface area (Å²) in [7, 11) is 0. The lowest BCUT2D eigenvalue weighted by Gasteiger charge is -2.27. The van der Waals surface area contributed by atoms with E-state index in [0.717, 1.165) is 12.0 Å². The van der Waals surface area contributed by atoms with Crippen molar-refractivity contribution in [1.29, 1.82) is 0 Å². The van der Waals surface area contributed by atoms with Gasteiger partial charge in [-0.15, -0.1) is 0 Å². The Morgan fingerprint density at radius 3 is 2.23 bits per heavy atom. The molecule has 162 valence electrons. The molecule has 2 atom stereocenters. The second-order valence-electron chi connectivity index (χ2n) is 8.28. The Morgan fingerprint density at radius 2 is 1.70 bits per heavy atom. The van der Waals surface area contributed by atoms with Gasteiger partial charge in [0, 0.05) is 5.54 Å². The van der Waals surface area contributed by atoms with Crippen LogP contribution in [0, 0.1) is 0 Å². The molecule has 0 amide bonds. The minimum Gasteiger partial charge on any atom is -0.480 e. The summed E-state index contributed by atoms with van der Waals surface area (Å²) in [5.74, 6) is -1.03. The van der Waals surface area contributed by atoms with Crippen LogP contribution in [-0.2, 0) is 22.6 Å². The van der Waals surface area contributed by atoms with Crippen molar-refractivity contribution >= 4 is 12.1 Å². The lowest BCUT2D eigenvalue weighted by Crippen LogP contribution is -2.52. The zero-order valence-corrected chi connectivity index (χ0v) is 17.7. The molecule has 1 aliphatic rings. The second kappa shape index (κ2) is 9.73. The first-order valence-electron chi connectivity index (χ1n) is 9.73. The maximum atomic E-state index is 10.6. The number of carboxylic acid groups (broad SMARTS) is 2. The molecule has 0 saturated heterocycles. The predicted molar refractivity (Wildman–Crippen MR) is 113 cm³/mol. The topological polar surface area (TPSA) is 116 Å². The van der Waals surface area contributed by atoms with Gasteiger partial charge in [0.15, 0.2) is 0 Å². The number of aliphatic hydroxyl groups excluding tert-OH is 1. The maximum Gasteiger partial charge on any atom is 0.506 e. The van der Waals surface area contributed by atoms with Crippen molar-refractivity contribution in [1.82, 2.24) is 5.32 Å². The number of carboxylic acids is 1. The molecule has 30 heavy (non-hydrogen) atoms. The Balaban J connectivity index is 0.000000235. The summed E-state index contributed by atoms with van der Waals surface area (Å²) in [4.78, 5) is 21.1. The van der Waals surface area contributed by atoms with Gasteiger partial charge in [0.25, 0.3) is 0 Å². The van der Waals surface area contributed by atoms with Crippen LogP contribution in [0.3, 0.4) is 0 Å². The molecule has 0 heterocycles. The fourth-order valence-corrected chi connectivity index (χ4v) is 3.35. The number of rotatable bonds is 5. The number of nitrogens with one attached hydrogen (secondary N) is 1. The molecule has 7 nitrogen and oxygen atoms in total. The number of ether oxygens (including phenoxy) is 1. The molecule has 2 unspecified atom stereocenters. The summed E-state index contributed by atoms with van der Waals surface area (Å²) in [6.07, 6.45) is -1.27. The van der Waals surface area contributed by atoms with Crippen LogP contribution < -0.4 is 5.32 Å². The van der Waals surface area contributed by atoms with Crippen LogP contribution in [0.2, 0.25) is 0 Å². The minimum absolute atomic E-state index is 0.118. The number of aliphatic carboxylic acids is 1. The molecule has 4 N–H and O–H groups in total. The van der Waals surface area contributed by atoms with Gasteiger partial charge in [0.2, 0.25) is 0 Å². The van der Waals surface area contributed by atoms with Crippen molar-refractivity contribution in [3.05, 3.63) is 59.2 Å². The van der Waals surface area contributed by atoms with Gasteiger partial charge in [0.05, 0.1) is 6.10 Å². The smallest absolute Gasteiger partial charge is 0.480 e. The van der Waals surface area contributed by atoms with E-state index in [-0.39, 0.29) is 12.1 Å². The van der Waals surface area contributed by atoms with Gasteiger partial charge in [-0.05, 0) is 61.9 Å². The summed E-state index contributed by atoms with van der Waals surface area (Å²) in [5, 5.41) is 29.2. The molecule has 7 heteroatoms. The van der Waals surface area contributed by atoms with Gasteiger partial charge in [-0.3, -0.25) is 10.1 Å². The van der Waals surface area contributed by atoms with Crippen LogP contribution in [0.1, 0.15) is 44.4 Å². The summed E-state index contributed by atoms with van der Waals surface area (Å²) >= 11 is 0. The third-order valence-electron chi connectivity index (χ3n) is 4.64. The van der Waals surface area contributed by atoms with Crippen molar-refractivity contribution in [2.24, 2.45) is 0 Å². The van der Waals surface area contributed by atoms with E-state index in [0.29, 0.717) is 0 Å². The van der Waals surface area contributed by atoms with Gasteiger partial charge in [-0.2, -0.15) is 0 Å². The fourth-order valence-electron chi connectivity index (χ4n) is 3.35. The molecule has 0 spiro atoms. The number of hydrogen-bond donors (Lipinski definition) is 4. The third kappa shape index (κ3) is 6.30. The molecular weight excluding hydrogens is 386 g/mol. The average molecular weight is 415 g/mol. The molecule has 0 aliphatic heterocycles. The Bertz CT molecular complexity index is 901. The highest BCUT2D eigenvalue weighted by atomic mass is 16.7. The Morgan fingerprint density at radius 1 is 1.07 bits per heavy atom. The maximum absolute atomic E-state index is 10.6. The molecule has 0 radical (unpaired) electrons.